The molecule has 142 valence electrons. The fraction of sp³-hybridized carbons (Fsp3) is 0.450. The van der Waals surface area contributed by atoms with Gasteiger partial charge in [0.2, 0.25) is 0 Å². The Balaban J connectivity index is 1.64. The molecule has 0 bridgehead atoms. The van der Waals surface area contributed by atoms with Crippen LogP contribution in [0.3, 0.4) is 0 Å². The number of nitrogens with zero attached hydrogens (tertiary/aromatic N) is 4. The van der Waals surface area contributed by atoms with Crippen molar-refractivity contribution in [1.29, 1.82) is 0 Å². The highest BCUT2D eigenvalue weighted by Gasteiger charge is 2.31. The fourth-order valence-electron chi connectivity index (χ4n) is 3.97. The summed E-state index contributed by atoms with van der Waals surface area (Å²) in [6.45, 7) is 7.53. The molecule has 0 saturated heterocycles. The maximum absolute atomic E-state index is 13.2. The first-order chi connectivity index (χ1) is 13.0. The number of aromatic nitrogens is 4. The van der Waals surface area contributed by atoms with Gasteiger partial charge in [0.25, 0.3) is 5.91 Å². The molecule has 1 amide bonds. The van der Waals surface area contributed by atoms with Gasteiger partial charge in [-0.3, -0.25) is 4.79 Å². The zero-order chi connectivity index (χ0) is 19.1. The zero-order valence-electron chi connectivity index (χ0n) is 16.2. The average Bonchev–Trinajstić information content (AvgIpc) is 3.23. The van der Waals surface area contributed by atoms with Crippen LogP contribution in [0.2, 0.25) is 0 Å². The molecule has 2 aromatic heterocycles. The number of amides is 1. The predicted molar refractivity (Wildman–Crippen MR) is 103 cm³/mol. The fourth-order valence-corrected chi connectivity index (χ4v) is 3.97. The summed E-state index contributed by atoms with van der Waals surface area (Å²) in [6.07, 6.45) is 0.986. The van der Waals surface area contributed by atoms with Gasteiger partial charge < -0.3 is 19.2 Å². The van der Waals surface area contributed by atoms with E-state index in [1.165, 1.54) is 0 Å². The number of methoxy groups -OCH3 is 1. The molecule has 7 nitrogen and oxygen atoms in total. The number of carbonyl (C=O) groups is 1. The van der Waals surface area contributed by atoms with E-state index in [1.54, 1.807) is 7.11 Å². The van der Waals surface area contributed by atoms with E-state index in [0.29, 0.717) is 24.7 Å². The van der Waals surface area contributed by atoms with Crippen molar-refractivity contribution in [3.05, 3.63) is 41.6 Å². The average molecular weight is 367 g/mol. The van der Waals surface area contributed by atoms with Crippen molar-refractivity contribution in [2.45, 2.75) is 39.8 Å². The third-order valence-corrected chi connectivity index (χ3v) is 5.15. The van der Waals surface area contributed by atoms with E-state index in [1.807, 2.05) is 36.1 Å². The van der Waals surface area contributed by atoms with Gasteiger partial charge in [0, 0.05) is 17.4 Å². The van der Waals surface area contributed by atoms with Crippen molar-refractivity contribution < 1.29 is 9.53 Å². The molecule has 7 heteroatoms. The summed E-state index contributed by atoms with van der Waals surface area (Å²) >= 11 is 0. The van der Waals surface area contributed by atoms with Crippen molar-refractivity contribution in [1.82, 2.24) is 24.6 Å². The van der Waals surface area contributed by atoms with Crippen LogP contribution in [-0.2, 0) is 6.54 Å². The molecular weight excluding hydrogens is 342 g/mol. The van der Waals surface area contributed by atoms with Crippen LogP contribution in [0.5, 0.6) is 5.75 Å². The Morgan fingerprint density at radius 1 is 1.33 bits per heavy atom. The molecule has 0 radical (unpaired) electrons. The largest absolute Gasteiger partial charge is 0.497 e. The quantitative estimate of drug-likeness (QED) is 0.767. The molecule has 0 fully saturated rings. The first kappa shape index (κ1) is 17.6. The Morgan fingerprint density at radius 2 is 2.15 bits per heavy atom. The van der Waals surface area contributed by atoms with E-state index in [4.69, 9.17) is 4.74 Å². The lowest BCUT2D eigenvalue weighted by Gasteiger charge is -2.34. The first-order valence-corrected chi connectivity index (χ1v) is 9.32. The van der Waals surface area contributed by atoms with Gasteiger partial charge in [-0.05, 0) is 43.5 Å². The molecule has 0 spiro atoms. The number of ether oxygens (including phenoxy) is 1. The first-order valence-electron chi connectivity index (χ1n) is 9.32. The van der Waals surface area contributed by atoms with Crippen LogP contribution in [0.1, 0.15) is 48.4 Å². The normalized spacial score (nSPS) is 16.8. The van der Waals surface area contributed by atoms with Crippen molar-refractivity contribution in [2.24, 2.45) is 5.92 Å². The number of aromatic amines is 1. The molecule has 0 aliphatic carbocycles. The van der Waals surface area contributed by atoms with Gasteiger partial charge in [0.15, 0.2) is 5.82 Å². The Bertz CT molecular complexity index is 988. The summed E-state index contributed by atoms with van der Waals surface area (Å²) in [5.74, 6) is 3.07. The molecule has 3 aromatic rings. The van der Waals surface area contributed by atoms with Crippen LogP contribution >= 0.6 is 0 Å². The lowest BCUT2D eigenvalue weighted by Crippen LogP contribution is -2.42. The smallest absolute Gasteiger partial charge is 0.270 e. The molecule has 4 rings (SSSR count). The monoisotopic (exact) mass is 367 g/mol. The second-order valence-electron chi connectivity index (χ2n) is 7.64. The Labute approximate surface area is 158 Å². The standard InChI is InChI=1S/C20H25N5O2/c1-12(2)7-15-10-24(11-19-23-22-13(3)25(15)19)20(26)18-9-14-8-16(27-4)5-6-17(14)21-18/h5-6,8-9,12,15,21H,7,10-11H2,1-4H3/t15-/m0/s1. The summed E-state index contributed by atoms with van der Waals surface area (Å²) < 4.78 is 7.47. The molecule has 3 heterocycles. The van der Waals surface area contributed by atoms with Crippen molar-refractivity contribution in [2.75, 3.05) is 13.7 Å². The van der Waals surface area contributed by atoms with Crippen LogP contribution in [0, 0.1) is 12.8 Å². The van der Waals surface area contributed by atoms with E-state index in [0.717, 1.165) is 34.7 Å². The highest BCUT2D eigenvalue weighted by molar-refractivity contribution is 5.98. The second kappa shape index (κ2) is 6.72. The van der Waals surface area contributed by atoms with Gasteiger partial charge in [0.05, 0.1) is 19.7 Å². The Hall–Kier alpha value is -2.83. The van der Waals surface area contributed by atoms with Crippen LogP contribution in [0.15, 0.2) is 24.3 Å². The summed E-state index contributed by atoms with van der Waals surface area (Å²) in [6, 6.07) is 7.85. The molecule has 1 atom stereocenters. The Morgan fingerprint density at radius 3 is 2.89 bits per heavy atom. The predicted octanol–water partition coefficient (Wildman–Crippen LogP) is 3.32. The van der Waals surface area contributed by atoms with Gasteiger partial charge >= 0.3 is 0 Å². The van der Waals surface area contributed by atoms with Crippen LogP contribution in [0.25, 0.3) is 10.9 Å². The molecule has 1 N–H and O–H groups in total. The third-order valence-electron chi connectivity index (χ3n) is 5.15. The molecule has 1 aliphatic heterocycles. The van der Waals surface area contributed by atoms with Crippen LogP contribution in [0.4, 0.5) is 0 Å². The molecule has 27 heavy (non-hydrogen) atoms. The van der Waals surface area contributed by atoms with E-state index < -0.39 is 0 Å². The minimum atomic E-state index is -0.00849. The minimum absolute atomic E-state index is 0.00849. The highest BCUT2D eigenvalue weighted by atomic mass is 16.5. The van der Waals surface area contributed by atoms with E-state index in [-0.39, 0.29) is 11.9 Å². The van der Waals surface area contributed by atoms with E-state index in [2.05, 4.69) is 33.6 Å². The number of benzene rings is 1. The van der Waals surface area contributed by atoms with Gasteiger partial charge in [-0.15, -0.1) is 10.2 Å². The van der Waals surface area contributed by atoms with Gasteiger partial charge in [0.1, 0.15) is 17.3 Å². The number of nitrogens with one attached hydrogen (secondary N) is 1. The third kappa shape index (κ3) is 3.18. The zero-order valence-corrected chi connectivity index (χ0v) is 16.2. The number of carbonyl (C=O) groups excluding carboxylic acids is 1. The number of rotatable bonds is 4. The Kier molecular flexibility index (Phi) is 4.37. The van der Waals surface area contributed by atoms with Gasteiger partial charge in [-0.1, -0.05) is 13.8 Å². The number of hydrogen-bond donors (Lipinski definition) is 1. The van der Waals surface area contributed by atoms with Crippen LogP contribution in [-0.4, -0.2) is 44.2 Å². The molecule has 1 aliphatic rings. The lowest BCUT2D eigenvalue weighted by molar-refractivity contribution is 0.0655. The summed E-state index contributed by atoms with van der Waals surface area (Å²) in [5, 5.41) is 9.49. The van der Waals surface area contributed by atoms with Crippen molar-refractivity contribution >= 4 is 16.8 Å². The minimum Gasteiger partial charge on any atom is -0.497 e. The van der Waals surface area contributed by atoms with Gasteiger partial charge in [-0.25, -0.2) is 0 Å². The maximum Gasteiger partial charge on any atom is 0.270 e. The summed E-state index contributed by atoms with van der Waals surface area (Å²) in [4.78, 5) is 18.3. The van der Waals surface area contributed by atoms with E-state index in [9.17, 15) is 4.79 Å². The topological polar surface area (TPSA) is 76.0 Å². The number of aryl methyl sites for hydroxylation is 1. The van der Waals surface area contributed by atoms with E-state index >= 15 is 0 Å². The SMILES string of the molecule is COc1ccc2[nH]c(C(=O)N3Cc4nnc(C)n4[C@@H](CC(C)C)C3)cc2c1. The lowest BCUT2D eigenvalue weighted by atomic mass is 10.0. The number of fused-ring (bicyclic) bond motifs is 2. The molecule has 1 aromatic carbocycles. The van der Waals surface area contributed by atoms with Crippen LogP contribution < -0.4 is 4.74 Å². The highest BCUT2D eigenvalue weighted by Crippen LogP contribution is 2.29. The molecular formula is C20H25N5O2. The number of H-pyrrole nitrogens is 1. The maximum atomic E-state index is 13.2. The molecule has 0 saturated carbocycles. The van der Waals surface area contributed by atoms with Gasteiger partial charge in [-0.2, -0.15) is 0 Å². The molecule has 0 unspecified atom stereocenters. The second-order valence-corrected chi connectivity index (χ2v) is 7.64. The van der Waals surface area contributed by atoms with Crippen molar-refractivity contribution in [3.8, 4) is 5.75 Å². The number of hydrogen-bond acceptors (Lipinski definition) is 4. The summed E-state index contributed by atoms with van der Waals surface area (Å²) in [5.41, 5.74) is 1.51. The van der Waals surface area contributed by atoms with Crippen molar-refractivity contribution in [3.63, 3.8) is 0 Å². The summed E-state index contributed by atoms with van der Waals surface area (Å²) in [7, 11) is 1.64.